The summed E-state index contributed by atoms with van der Waals surface area (Å²) in [5, 5.41) is 0. The largest absolute Gasteiger partial charge is 0.339 e. The van der Waals surface area contributed by atoms with Crippen LogP contribution in [-0.2, 0) is 11.2 Å². The van der Waals surface area contributed by atoms with E-state index in [-0.39, 0.29) is 24.2 Å². The highest BCUT2D eigenvalue weighted by Crippen LogP contribution is 2.37. The Hall–Kier alpha value is -2.87. The lowest BCUT2D eigenvalue weighted by molar-refractivity contribution is -0.133. The van der Waals surface area contributed by atoms with Crippen molar-refractivity contribution in [2.45, 2.75) is 31.2 Å². The van der Waals surface area contributed by atoms with E-state index in [1.54, 1.807) is 34.2 Å². The van der Waals surface area contributed by atoms with E-state index in [1.807, 2.05) is 0 Å². The molecule has 4 rings (SSSR count). The fourth-order valence-corrected chi connectivity index (χ4v) is 4.36. The van der Waals surface area contributed by atoms with Crippen molar-refractivity contribution in [3.63, 3.8) is 0 Å². The van der Waals surface area contributed by atoms with E-state index in [0.29, 0.717) is 50.3 Å². The number of piperazine rings is 1. The SMILES string of the molecule is NC(CC(=O)N1CCN(C(=O)c2ccccn2)CC1)C1CCc2cc(F)c(F)cc21. The Labute approximate surface area is 173 Å². The van der Waals surface area contributed by atoms with E-state index >= 15 is 0 Å². The molecule has 2 unspecified atom stereocenters. The van der Waals surface area contributed by atoms with Crippen LogP contribution in [0.25, 0.3) is 0 Å². The van der Waals surface area contributed by atoms with E-state index in [1.165, 1.54) is 12.1 Å². The molecule has 0 radical (unpaired) electrons. The van der Waals surface area contributed by atoms with Crippen molar-refractivity contribution in [2.24, 2.45) is 5.73 Å². The topological polar surface area (TPSA) is 79.5 Å². The number of aryl methyl sites for hydroxylation is 1. The molecular weight excluding hydrogens is 390 g/mol. The van der Waals surface area contributed by atoms with E-state index in [9.17, 15) is 18.4 Å². The first kappa shape index (κ1) is 20.4. The van der Waals surface area contributed by atoms with Crippen molar-refractivity contribution >= 4 is 11.8 Å². The zero-order valence-electron chi connectivity index (χ0n) is 16.6. The average Bonchev–Trinajstić information content (AvgIpc) is 3.17. The second-order valence-electron chi connectivity index (χ2n) is 7.87. The molecule has 1 aromatic carbocycles. The third-order valence-electron chi connectivity index (χ3n) is 6.04. The molecule has 0 saturated carbocycles. The first-order valence-electron chi connectivity index (χ1n) is 10.2. The number of amides is 2. The number of nitrogens with two attached hydrogens (primary N) is 1. The van der Waals surface area contributed by atoms with Crippen molar-refractivity contribution in [3.8, 4) is 0 Å². The number of benzene rings is 1. The van der Waals surface area contributed by atoms with Gasteiger partial charge in [0.05, 0.1) is 0 Å². The number of carbonyl (C=O) groups is 2. The molecule has 8 heteroatoms. The number of hydrogen-bond acceptors (Lipinski definition) is 4. The van der Waals surface area contributed by atoms with Gasteiger partial charge < -0.3 is 15.5 Å². The summed E-state index contributed by atoms with van der Waals surface area (Å²) in [5.41, 5.74) is 8.17. The molecule has 0 spiro atoms. The summed E-state index contributed by atoms with van der Waals surface area (Å²) in [7, 11) is 0. The molecule has 30 heavy (non-hydrogen) atoms. The van der Waals surface area contributed by atoms with Crippen LogP contribution in [0.3, 0.4) is 0 Å². The van der Waals surface area contributed by atoms with Gasteiger partial charge in [0, 0.05) is 50.8 Å². The van der Waals surface area contributed by atoms with Crippen LogP contribution in [0.5, 0.6) is 0 Å². The summed E-state index contributed by atoms with van der Waals surface area (Å²) < 4.78 is 27.1. The van der Waals surface area contributed by atoms with E-state index in [4.69, 9.17) is 5.73 Å². The Morgan fingerprint density at radius 2 is 1.80 bits per heavy atom. The molecule has 2 aliphatic rings. The lowest BCUT2D eigenvalue weighted by Gasteiger charge is -2.35. The summed E-state index contributed by atoms with van der Waals surface area (Å²) in [6.07, 6.45) is 3.03. The van der Waals surface area contributed by atoms with Crippen LogP contribution in [0.4, 0.5) is 8.78 Å². The van der Waals surface area contributed by atoms with Gasteiger partial charge >= 0.3 is 0 Å². The van der Waals surface area contributed by atoms with Gasteiger partial charge in [-0.1, -0.05) is 6.07 Å². The van der Waals surface area contributed by atoms with Gasteiger partial charge in [-0.3, -0.25) is 14.6 Å². The minimum absolute atomic E-state index is 0.0801. The van der Waals surface area contributed by atoms with Gasteiger partial charge in [-0.25, -0.2) is 8.78 Å². The number of pyridine rings is 1. The Balaban J connectivity index is 1.33. The number of aromatic nitrogens is 1. The van der Waals surface area contributed by atoms with Gasteiger partial charge in [0.15, 0.2) is 11.6 Å². The number of carbonyl (C=O) groups excluding carboxylic acids is 2. The minimum Gasteiger partial charge on any atom is -0.339 e. The van der Waals surface area contributed by atoms with E-state index in [2.05, 4.69) is 4.98 Å². The summed E-state index contributed by atoms with van der Waals surface area (Å²) in [4.78, 5) is 32.7. The predicted octanol–water partition coefficient (Wildman–Crippen LogP) is 2.09. The van der Waals surface area contributed by atoms with Crippen molar-refractivity contribution in [2.75, 3.05) is 26.2 Å². The molecule has 1 aliphatic heterocycles. The van der Waals surface area contributed by atoms with Crippen molar-refractivity contribution in [1.29, 1.82) is 0 Å². The fraction of sp³-hybridized carbons (Fsp3) is 0.409. The fourth-order valence-electron chi connectivity index (χ4n) is 4.36. The van der Waals surface area contributed by atoms with Gasteiger partial charge in [-0.05, 0) is 48.2 Å². The minimum atomic E-state index is -0.882. The molecule has 1 aliphatic carbocycles. The highest BCUT2D eigenvalue weighted by atomic mass is 19.2. The third-order valence-corrected chi connectivity index (χ3v) is 6.04. The van der Waals surface area contributed by atoms with Gasteiger partial charge in [0.25, 0.3) is 5.91 Å². The summed E-state index contributed by atoms with van der Waals surface area (Å²) >= 11 is 0. The zero-order chi connectivity index (χ0) is 21.3. The van der Waals surface area contributed by atoms with Crippen LogP contribution in [0.15, 0.2) is 36.5 Å². The molecule has 1 fully saturated rings. The number of fused-ring (bicyclic) bond motifs is 1. The van der Waals surface area contributed by atoms with Crippen LogP contribution < -0.4 is 5.73 Å². The molecule has 2 amide bonds. The first-order chi connectivity index (χ1) is 14.4. The van der Waals surface area contributed by atoms with E-state index < -0.39 is 17.7 Å². The van der Waals surface area contributed by atoms with Crippen LogP contribution >= 0.6 is 0 Å². The second-order valence-corrected chi connectivity index (χ2v) is 7.87. The summed E-state index contributed by atoms with van der Waals surface area (Å²) in [6.45, 7) is 1.75. The second kappa shape index (κ2) is 8.47. The molecule has 6 nitrogen and oxygen atoms in total. The molecule has 2 heterocycles. The summed E-state index contributed by atoms with van der Waals surface area (Å²) in [6, 6.07) is 7.18. The van der Waals surface area contributed by atoms with Gasteiger partial charge in [-0.15, -0.1) is 0 Å². The Morgan fingerprint density at radius 1 is 1.10 bits per heavy atom. The van der Waals surface area contributed by atoms with Gasteiger partial charge in [-0.2, -0.15) is 0 Å². The Bertz CT molecular complexity index is 946. The van der Waals surface area contributed by atoms with Crippen molar-refractivity contribution in [3.05, 3.63) is 65.0 Å². The van der Waals surface area contributed by atoms with Crippen LogP contribution in [0.2, 0.25) is 0 Å². The lowest BCUT2D eigenvalue weighted by Crippen LogP contribution is -2.51. The third kappa shape index (κ3) is 4.05. The Morgan fingerprint density at radius 3 is 2.50 bits per heavy atom. The number of rotatable bonds is 4. The molecule has 0 bridgehead atoms. The zero-order valence-corrected chi connectivity index (χ0v) is 16.6. The molecule has 1 aromatic heterocycles. The summed E-state index contributed by atoms with van der Waals surface area (Å²) in [5.74, 6) is -2.11. The molecule has 2 aromatic rings. The highest BCUT2D eigenvalue weighted by Gasteiger charge is 2.32. The number of hydrogen-bond donors (Lipinski definition) is 1. The van der Waals surface area contributed by atoms with E-state index in [0.717, 1.165) is 5.56 Å². The van der Waals surface area contributed by atoms with Crippen LogP contribution in [0, 0.1) is 11.6 Å². The maximum Gasteiger partial charge on any atom is 0.272 e. The standard InChI is InChI=1S/C22H24F2N4O2/c23-17-11-14-4-5-15(16(14)12-18(17)24)19(25)13-21(29)27-7-9-28(10-8-27)22(30)20-3-1-2-6-26-20/h1-3,6,11-12,15,19H,4-5,7-10,13,25H2. The number of halogens is 2. The van der Waals surface area contributed by atoms with Gasteiger partial charge in [0.1, 0.15) is 5.69 Å². The lowest BCUT2D eigenvalue weighted by atomic mass is 9.91. The molecule has 2 atom stereocenters. The molecular formula is C22H24F2N4O2. The smallest absolute Gasteiger partial charge is 0.272 e. The van der Waals surface area contributed by atoms with Crippen LogP contribution in [0.1, 0.15) is 40.4 Å². The molecule has 158 valence electrons. The molecule has 1 saturated heterocycles. The average molecular weight is 414 g/mol. The normalized spacial score (nSPS) is 19.5. The maximum absolute atomic E-state index is 13.7. The monoisotopic (exact) mass is 414 g/mol. The van der Waals surface area contributed by atoms with Gasteiger partial charge in [0.2, 0.25) is 5.91 Å². The highest BCUT2D eigenvalue weighted by molar-refractivity contribution is 5.92. The quantitative estimate of drug-likeness (QED) is 0.831. The van der Waals surface area contributed by atoms with Crippen LogP contribution in [-0.4, -0.2) is 58.8 Å². The maximum atomic E-state index is 13.7. The van der Waals surface area contributed by atoms with Crippen molar-refractivity contribution in [1.82, 2.24) is 14.8 Å². The molecule has 2 N–H and O–H groups in total. The Kier molecular flexibility index (Phi) is 5.76. The predicted molar refractivity (Wildman–Crippen MR) is 107 cm³/mol. The van der Waals surface area contributed by atoms with Crippen molar-refractivity contribution < 1.29 is 18.4 Å². The first-order valence-corrected chi connectivity index (χ1v) is 10.2. The number of nitrogens with zero attached hydrogens (tertiary/aromatic N) is 3.